The number of aromatic nitrogens is 2. The number of ether oxygens (including phenoxy) is 3. The Morgan fingerprint density at radius 1 is 0.738 bits per heavy atom. The number of rotatable bonds is 5. The summed E-state index contributed by atoms with van der Waals surface area (Å²) in [5.74, 6) is 0.282. The molecule has 1 aliphatic rings. The van der Waals surface area contributed by atoms with Crippen molar-refractivity contribution in [3.63, 3.8) is 0 Å². The molecule has 0 radical (unpaired) electrons. The third-order valence-electron chi connectivity index (χ3n) is 7.59. The minimum atomic E-state index is -4.14. The molecule has 2 N–H and O–H groups in total. The number of benzene rings is 5. The molecule has 0 fully saturated rings. The third-order valence-corrected chi connectivity index (χ3v) is 9.50. The zero-order valence-electron chi connectivity index (χ0n) is 22.7. The first kappa shape index (κ1) is 25.8. The van der Waals surface area contributed by atoms with Gasteiger partial charge < -0.3 is 19.9 Å². The molecule has 1 aromatic heterocycles. The molecular weight excluding hydrogens is 550 g/mol. The van der Waals surface area contributed by atoms with Gasteiger partial charge in [-0.15, -0.1) is 0 Å². The molecule has 0 aliphatic carbocycles. The van der Waals surface area contributed by atoms with E-state index in [0.29, 0.717) is 44.9 Å². The minimum Gasteiger partial charge on any atom is -0.493 e. The molecule has 0 spiro atoms. The van der Waals surface area contributed by atoms with Crippen LogP contribution in [0.15, 0.2) is 113 Å². The lowest BCUT2D eigenvalue weighted by molar-refractivity contribution is 0.354. The molecule has 5 aromatic carbocycles. The average molecular weight is 576 g/mol. The molecule has 0 saturated heterocycles. The number of allylic oxidation sites excluding steroid dienone is 1. The monoisotopic (exact) mass is 575 g/mol. The van der Waals surface area contributed by atoms with Crippen LogP contribution in [-0.4, -0.2) is 32.6 Å². The third kappa shape index (κ3) is 3.85. The number of nitrogens with zero attached hydrogens (tertiary/aromatic N) is 2. The summed E-state index contributed by atoms with van der Waals surface area (Å²) in [4.78, 5) is 10.1. The van der Waals surface area contributed by atoms with Gasteiger partial charge in [0.2, 0.25) is 15.7 Å². The van der Waals surface area contributed by atoms with E-state index in [-0.39, 0.29) is 15.7 Å². The van der Waals surface area contributed by atoms with E-state index in [2.05, 4.69) is 0 Å². The summed E-state index contributed by atoms with van der Waals surface area (Å²) < 4.78 is 46.1. The summed E-state index contributed by atoms with van der Waals surface area (Å²) in [6, 6.07) is 28.8. The molecule has 2 heterocycles. The smallest absolute Gasteiger partial charge is 0.208 e. The Kier molecular flexibility index (Phi) is 5.98. The molecule has 208 valence electrons. The van der Waals surface area contributed by atoms with Crippen LogP contribution in [0.5, 0.6) is 17.2 Å². The lowest BCUT2D eigenvalue weighted by Gasteiger charge is -2.31. The van der Waals surface area contributed by atoms with Crippen LogP contribution in [-0.2, 0) is 9.84 Å². The molecule has 0 saturated carbocycles. The first-order valence-electron chi connectivity index (χ1n) is 13.2. The van der Waals surface area contributed by atoms with Crippen molar-refractivity contribution < 1.29 is 22.6 Å². The number of nitrogens with two attached hydrogens (primary N) is 1. The van der Waals surface area contributed by atoms with Crippen molar-refractivity contribution in [2.75, 3.05) is 14.2 Å². The van der Waals surface area contributed by atoms with Crippen LogP contribution >= 0.6 is 0 Å². The van der Waals surface area contributed by atoms with Gasteiger partial charge in [-0.1, -0.05) is 60.7 Å². The maximum atomic E-state index is 14.4. The molecule has 8 nitrogen and oxygen atoms in total. The van der Waals surface area contributed by atoms with E-state index in [1.54, 1.807) is 49.6 Å². The highest BCUT2D eigenvalue weighted by Crippen LogP contribution is 2.52. The van der Waals surface area contributed by atoms with Gasteiger partial charge in [-0.2, -0.15) is 0 Å². The number of fused-ring (bicyclic) bond motifs is 7. The summed E-state index contributed by atoms with van der Waals surface area (Å²) in [5, 5.41) is 1.56. The van der Waals surface area contributed by atoms with E-state index in [1.807, 2.05) is 54.6 Å². The molecule has 6 aromatic rings. The van der Waals surface area contributed by atoms with Gasteiger partial charge in [0, 0.05) is 16.3 Å². The van der Waals surface area contributed by atoms with Crippen LogP contribution in [0.2, 0.25) is 0 Å². The highest BCUT2D eigenvalue weighted by molar-refractivity contribution is 7.95. The molecule has 1 aliphatic heterocycles. The molecule has 0 bridgehead atoms. The van der Waals surface area contributed by atoms with E-state index in [4.69, 9.17) is 29.9 Å². The number of hydrogen-bond acceptors (Lipinski definition) is 8. The minimum absolute atomic E-state index is 0.0834. The summed E-state index contributed by atoms with van der Waals surface area (Å²) in [6.45, 7) is 0. The van der Waals surface area contributed by atoms with Gasteiger partial charge in [-0.25, -0.2) is 18.4 Å². The zero-order chi connectivity index (χ0) is 29.0. The van der Waals surface area contributed by atoms with E-state index in [9.17, 15) is 8.42 Å². The first-order valence-corrected chi connectivity index (χ1v) is 14.7. The molecule has 9 heteroatoms. The first-order chi connectivity index (χ1) is 20.4. The topological polar surface area (TPSA) is 114 Å². The highest BCUT2D eigenvalue weighted by Gasteiger charge is 2.42. The predicted molar refractivity (Wildman–Crippen MR) is 161 cm³/mol. The van der Waals surface area contributed by atoms with E-state index >= 15 is 0 Å². The van der Waals surface area contributed by atoms with Crippen LogP contribution in [0.25, 0.3) is 32.8 Å². The second-order valence-corrected chi connectivity index (χ2v) is 11.8. The van der Waals surface area contributed by atoms with Gasteiger partial charge in [0.15, 0.2) is 11.5 Å². The fourth-order valence-corrected chi connectivity index (χ4v) is 7.33. The van der Waals surface area contributed by atoms with Crippen LogP contribution in [0.1, 0.15) is 17.0 Å². The van der Waals surface area contributed by atoms with Crippen molar-refractivity contribution in [1.29, 1.82) is 0 Å². The number of methoxy groups -OCH3 is 2. The fraction of sp³-hybridized carbons (Fsp3) is 0.0909. The van der Waals surface area contributed by atoms with Gasteiger partial charge >= 0.3 is 0 Å². The summed E-state index contributed by atoms with van der Waals surface area (Å²) >= 11 is 0. The largest absolute Gasteiger partial charge is 0.493 e. The Balaban J connectivity index is 1.65. The van der Waals surface area contributed by atoms with Crippen molar-refractivity contribution in [3.05, 3.63) is 119 Å². The predicted octanol–water partition coefficient (Wildman–Crippen LogP) is 6.08. The van der Waals surface area contributed by atoms with Gasteiger partial charge in [-0.3, -0.25) is 0 Å². The summed E-state index contributed by atoms with van der Waals surface area (Å²) in [6.07, 6.45) is 0. The summed E-state index contributed by atoms with van der Waals surface area (Å²) in [5.41, 5.74) is 10.3. The standard InChI is InChI=1S/C33H25N3O5S/c1-39-25-17-16-19(18-26(25)40-2)27-28-30-29(35-23-14-8-9-15-24(23)36-30)21-12-6-7-13-22(21)31(28)41-33(34)32(27)42(37,38)20-10-4-3-5-11-20/h3-18,27H,34H2,1-2H3. The normalized spacial score (nSPS) is 15.0. The Labute approximate surface area is 241 Å². The Morgan fingerprint density at radius 2 is 1.36 bits per heavy atom. The SMILES string of the molecule is COc1ccc(C2C(S(=O)(=O)c3ccccc3)=C(N)Oc3c2c2nc4ccccc4nc2c2ccccc32)cc1OC. The molecule has 7 rings (SSSR count). The number of sulfone groups is 1. The van der Waals surface area contributed by atoms with Gasteiger partial charge in [0.05, 0.1) is 47.1 Å². The quantitative estimate of drug-likeness (QED) is 0.194. The molecular formula is C33H25N3O5S. The Morgan fingerprint density at radius 3 is 2.05 bits per heavy atom. The molecule has 42 heavy (non-hydrogen) atoms. The molecule has 1 unspecified atom stereocenters. The zero-order valence-corrected chi connectivity index (χ0v) is 23.6. The van der Waals surface area contributed by atoms with Crippen LogP contribution in [0, 0.1) is 0 Å². The number of hydrogen-bond donors (Lipinski definition) is 1. The molecule has 1 atom stereocenters. The lowest BCUT2D eigenvalue weighted by atomic mass is 9.85. The highest BCUT2D eigenvalue weighted by atomic mass is 32.2. The van der Waals surface area contributed by atoms with Crippen LogP contribution < -0.4 is 19.9 Å². The Hall–Kier alpha value is -5.15. The van der Waals surface area contributed by atoms with Gasteiger partial charge in [-0.05, 0) is 42.0 Å². The van der Waals surface area contributed by atoms with Crippen molar-refractivity contribution in [2.24, 2.45) is 5.73 Å². The van der Waals surface area contributed by atoms with Crippen molar-refractivity contribution in [1.82, 2.24) is 9.97 Å². The van der Waals surface area contributed by atoms with Crippen LogP contribution in [0.3, 0.4) is 0 Å². The number of para-hydroxylation sites is 2. The second-order valence-electron chi connectivity index (χ2n) is 9.89. The van der Waals surface area contributed by atoms with Crippen molar-refractivity contribution in [3.8, 4) is 17.2 Å². The second kappa shape index (κ2) is 9.74. The van der Waals surface area contributed by atoms with Crippen LogP contribution in [0.4, 0.5) is 0 Å². The average Bonchev–Trinajstić information content (AvgIpc) is 3.03. The maximum Gasteiger partial charge on any atom is 0.208 e. The van der Waals surface area contributed by atoms with Crippen molar-refractivity contribution >= 4 is 42.7 Å². The summed E-state index contributed by atoms with van der Waals surface area (Å²) in [7, 11) is -1.06. The molecule has 0 amide bonds. The van der Waals surface area contributed by atoms with Gasteiger partial charge in [0.25, 0.3) is 0 Å². The lowest BCUT2D eigenvalue weighted by Crippen LogP contribution is -2.27. The van der Waals surface area contributed by atoms with Crippen molar-refractivity contribution in [2.45, 2.75) is 10.8 Å². The van der Waals surface area contributed by atoms with E-state index in [1.165, 1.54) is 7.11 Å². The van der Waals surface area contributed by atoms with E-state index < -0.39 is 15.8 Å². The van der Waals surface area contributed by atoms with E-state index in [0.717, 1.165) is 16.3 Å². The Bertz CT molecular complexity index is 2180. The van der Waals surface area contributed by atoms with Gasteiger partial charge in [0.1, 0.15) is 10.7 Å². The fourth-order valence-electron chi connectivity index (χ4n) is 5.69. The maximum absolute atomic E-state index is 14.4.